The molecule has 1 aliphatic rings. The fourth-order valence-electron chi connectivity index (χ4n) is 2.16. The summed E-state index contributed by atoms with van der Waals surface area (Å²) in [5.74, 6) is 1.00. The maximum atomic E-state index is 6.21. The van der Waals surface area contributed by atoms with E-state index < -0.39 is 0 Å². The average molecular weight is 251 g/mol. The molecule has 0 bridgehead atoms. The van der Waals surface area contributed by atoms with E-state index in [1.165, 1.54) is 16.0 Å². The summed E-state index contributed by atoms with van der Waals surface area (Å²) < 4.78 is 5.46. The Bertz CT molecular complexity index is 413. The third kappa shape index (κ3) is 2.78. The number of aryl methyl sites for hydroxylation is 1. The lowest BCUT2D eigenvalue weighted by Crippen LogP contribution is -2.24. The van der Waals surface area contributed by atoms with Crippen LogP contribution in [0.1, 0.15) is 30.9 Å². The van der Waals surface area contributed by atoms with Crippen molar-refractivity contribution in [2.75, 3.05) is 13.4 Å². The van der Waals surface area contributed by atoms with Gasteiger partial charge >= 0.3 is 0 Å². The Morgan fingerprint density at radius 1 is 1.35 bits per heavy atom. The smallest absolute Gasteiger partial charge is 0.122 e. The van der Waals surface area contributed by atoms with Crippen molar-refractivity contribution in [3.8, 4) is 5.75 Å². The molecule has 0 aromatic heterocycles. The average Bonchev–Trinajstić information content (AvgIpc) is 3.06. The van der Waals surface area contributed by atoms with Crippen LogP contribution in [-0.2, 0) is 12.8 Å². The molecule has 2 nitrogen and oxygen atoms in total. The van der Waals surface area contributed by atoms with Crippen molar-refractivity contribution in [2.45, 2.75) is 43.0 Å². The fourth-order valence-corrected chi connectivity index (χ4v) is 2.81. The van der Waals surface area contributed by atoms with Gasteiger partial charge in [-0.25, -0.2) is 0 Å². The molecule has 0 radical (unpaired) electrons. The highest BCUT2D eigenvalue weighted by Gasteiger charge is 2.38. The van der Waals surface area contributed by atoms with E-state index in [4.69, 9.17) is 10.5 Å². The zero-order valence-corrected chi connectivity index (χ0v) is 11.7. The predicted octanol–water partition coefficient (Wildman–Crippen LogP) is 3.01. The molecule has 3 heteroatoms. The Morgan fingerprint density at radius 2 is 2.06 bits per heavy atom. The number of benzene rings is 1. The van der Waals surface area contributed by atoms with Crippen LogP contribution in [0.4, 0.5) is 0 Å². The van der Waals surface area contributed by atoms with E-state index in [1.807, 2.05) is 0 Å². The SMILES string of the molecule is CCc1cc(SC)c(CC2(N)CC2)cc1OC. The minimum absolute atomic E-state index is 0.0588. The third-order valence-electron chi connectivity index (χ3n) is 3.50. The molecular formula is C14H21NOS. The highest BCUT2D eigenvalue weighted by molar-refractivity contribution is 7.98. The monoisotopic (exact) mass is 251 g/mol. The highest BCUT2D eigenvalue weighted by Crippen LogP contribution is 2.39. The molecule has 0 unspecified atom stereocenters. The maximum absolute atomic E-state index is 6.21. The first kappa shape index (κ1) is 12.8. The molecule has 0 atom stereocenters. The molecule has 1 aromatic rings. The summed E-state index contributed by atoms with van der Waals surface area (Å²) >= 11 is 1.80. The zero-order valence-electron chi connectivity index (χ0n) is 10.9. The molecule has 0 heterocycles. The Labute approximate surface area is 108 Å². The fraction of sp³-hybridized carbons (Fsp3) is 0.571. The first-order valence-corrected chi connectivity index (χ1v) is 7.37. The lowest BCUT2D eigenvalue weighted by atomic mass is 10.0. The summed E-state index contributed by atoms with van der Waals surface area (Å²) in [6.45, 7) is 2.16. The summed E-state index contributed by atoms with van der Waals surface area (Å²) in [6, 6.07) is 4.43. The predicted molar refractivity (Wildman–Crippen MR) is 74.0 cm³/mol. The Kier molecular flexibility index (Phi) is 3.69. The standard InChI is InChI=1S/C14H21NOS/c1-4-10-8-13(17-3)11(7-12(10)16-2)9-14(15)5-6-14/h7-8H,4-6,9,15H2,1-3H3. The first-order chi connectivity index (χ1) is 8.11. The van der Waals surface area contributed by atoms with Crippen molar-refractivity contribution in [3.05, 3.63) is 23.3 Å². The molecule has 1 aromatic carbocycles. The number of hydrogen-bond acceptors (Lipinski definition) is 3. The largest absolute Gasteiger partial charge is 0.496 e. The van der Waals surface area contributed by atoms with Crippen LogP contribution in [0, 0.1) is 0 Å². The molecule has 94 valence electrons. The first-order valence-electron chi connectivity index (χ1n) is 6.14. The molecule has 0 spiro atoms. The third-order valence-corrected chi connectivity index (χ3v) is 4.32. The molecular weight excluding hydrogens is 230 g/mol. The van der Waals surface area contributed by atoms with Gasteiger partial charge in [0, 0.05) is 10.4 Å². The Morgan fingerprint density at radius 3 is 2.53 bits per heavy atom. The van der Waals surface area contributed by atoms with Crippen LogP contribution in [0.2, 0.25) is 0 Å². The van der Waals surface area contributed by atoms with Crippen molar-refractivity contribution in [2.24, 2.45) is 5.73 Å². The molecule has 2 rings (SSSR count). The van der Waals surface area contributed by atoms with E-state index in [9.17, 15) is 0 Å². The lowest BCUT2D eigenvalue weighted by molar-refractivity contribution is 0.408. The van der Waals surface area contributed by atoms with Gasteiger partial charge in [-0.3, -0.25) is 0 Å². The van der Waals surface area contributed by atoms with E-state index in [0.717, 1.165) is 31.4 Å². The van der Waals surface area contributed by atoms with Crippen molar-refractivity contribution in [1.82, 2.24) is 0 Å². The summed E-state index contributed by atoms with van der Waals surface area (Å²) in [5, 5.41) is 0. The van der Waals surface area contributed by atoms with Crippen LogP contribution in [0.5, 0.6) is 5.75 Å². The van der Waals surface area contributed by atoms with Gasteiger partial charge in [0.1, 0.15) is 5.75 Å². The number of methoxy groups -OCH3 is 1. The van der Waals surface area contributed by atoms with Gasteiger partial charge in [0.2, 0.25) is 0 Å². The summed E-state index contributed by atoms with van der Waals surface area (Å²) in [7, 11) is 1.74. The number of ether oxygens (including phenoxy) is 1. The van der Waals surface area contributed by atoms with Crippen LogP contribution in [0.25, 0.3) is 0 Å². The van der Waals surface area contributed by atoms with Crippen molar-refractivity contribution < 1.29 is 4.74 Å². The molecule has 17 heavy (non-hydrogen) atoms. The van der Waals surface area contributed by atoms with Gasteiger partial charge in [-0.2, -0.15) is 0 Å². The van der Waals surface area contributed by atoms with Crippen molar-refractivity contribution >= 4 is 11.8 Å². The van der Waals surface area contributed by atoms with Gasteiger partial charge in [-0.15, -0.1) is 11.8 Å². The number of thioether (sulfide) groups is 1. The minimum Gasteiger partial charge on any atom is -0.496 e. The summed E-state index contributed by atoms with van der Waals surface area (Å²) in [5.41, 5.74) is 8.89. The Hall–Kier alpha value is -0.670. The van der Waals surface area contributed by atoms with Crippen molar-refractivity contribution in [3.63, 3.8) is 0 Å². The second-order valence-corrected chi connectivity index (χ2v) is 5.72. The van der Waals surface area contributed by atoms with Gasteiger partial charge in [0.15, 0.2) is 0 Å². The quantitative estimate of drug-likeness (QED) is 0.817. The van der Waals surface area contributed by atoms with E-state index in [1.54, 1.807) is 18.9 Å². The minimum atomic E-state index is 0.0588. The van der Waals surface area contributed by atoms with Gasteiger partial charge in [-0.1, -0.05) is 6.92 Å². The van der Waals surface area contributed by atoms with Crippen LogP contribution in [-0.4, -0.2) is 18.9 Å². The van der Waals surface area contributed by atoms with Crippen LogP contribution in [0.3, 0.4) is 0 Å². The molecule has 1 saturated carbocycles. The lowest BCUT2D eigenvalue weighted by Gasteiger charge is -2.16. The van der Waals surface area contributed by atoms with E-state index in [2.05, 4.69) is 25.3 Å². The topological polar surface area (TPSA) is 35.2 Å². The van der Waals surface area contributed by atoms with Gasteiger partial charge in [0.05, 0.1) is 7.11 Å². The maximum Gasteiger partial charge on any atom is 0.122 e. The van der Waals surface area contributed by atoms with Gasteiger partial charge in [-0.05, 0) is 55.2 Å². The number of hydrogen-bond donors (Lipinski definition) is 1. The molecule has 1 aliphatic carbocycles. The summed E-state index contributed by atoms with van der Waals surface area (Å²) in [4.78, 5) is 1.35. The van der Waals surface area contributed by atoms with Crippen LogP contribution >= 0.6 is 11.8 Å². The normalized spacial score (nSPS) is 16.9. The van der Waals surface area contributed by atoms with E-state index in [-0.39, 0.29) is 5.54 Å². The van der Waals surface area contributed by atoms with Crippen molar-refractivity contribution in [1.29, 1.82) is 0 Å². The second-order valence-electron chi connectivity index (χ2n) is 4.87. The van der Waals surface area contributed by atoms with Crippen LogP contribution < -0.4 is 10.5 Å². The molecule has 2 N–H and O–H groups in total. The zero-order chi connectivity index (χ0) is 12.5. The van der Waals surface area contributed by atoms with Crippen LogP contribution in [0.15, 0.2) is 17.0 Å². The molecule has 0 saturated heterocycles. The Balaban J connectivity index is 2.35. The molecule has 0 aliphatic heterocycles. The highest BCUT2D eigenvalue weighted by atomic mass is 32.2. The second kappa shape index (κ2) is 4.91. The van der Waals surface area contributed by atoms with E-state index >= 15 is 0 Å². The van der Waals surface area contributed by atoms with Gasteiger partial charge in [0.25, 0.3) is 0 Å². The number of rotatable bonds is 5. The molecule has 1 fully saturated rings. The summed E-state index contributed by atoms with van der Waals surface area (Å²) in [6.07, 6.45) is 6.41. The number of nitrogens with two attached hydrogens (primary N) is 1. The molecule has 0 amide bonds. The van der Waals surface area contributed by atoms with Gasteiger partial charge < -0.3 is 10.5 Å². The van der Waals surface area contributed by atoms with E-state index in [0.29, 0.717) is 0 Å².